The van der Waals surface area contributed by atoms with Crippen LogP contribution in [0.3, 0.4) is 0 Å². The monoisotopic (exact) mass is 246 g/mol. The molecular weight excluding hydrogens is 224 g/mol. The summed E-state index contributed by atoms with van der Waals surface area (Å²) in [7, 11) is 2.14. The molecule has 0 bridgehead atoms. The van der Waals surface area contributed by atoms with E-state index in [0.717, 1.165) is 38.0 Å². The van der Waals surface area contributed by atoms with Crippen molar-refractivity contribution >= 4 is 5.91 Å². The van der Waals surface area contributed by atoms with E-state index in [9.17, 15) is 4.79 Å². The van der Waals surface area contributed by atoms with Gasteiger partial charge in [0.1, 0.15) is 0 Å². The minimum atomic E-state index is 0.178. The standard InChI is InChI=1S/C15H22N2O/c1-3-14-12-16(2)10-7-11-17(14)15(18)13-8-5-4-6-9-13/h4-6,8-9,14H,3,7,10-12H2,1-2H3. The Morgan fingerprint density at radius 2 is 2.00 bits per heavy atom. The van der Waals surface area contributed by atoms with E-state index in [1.54, 1.807) is 0 Å². The maximum Gasteiger partial charge on any atom is 0.254 e. The van der Waals surface area contributed by atoms with Gasteiger partial charge >= 0.3 is 0 Å². The fourth-order valence-electron chi connectivity index (χ4n) is 2.61. The molecule has 1 aliphatic rings. The number of hydrogen-bond acceptors (Lipinski definition) is 2. The number of carbonyl (C=O) groups is 1. The third kappa shape index (κ3) is 2.91. The summed E-state index contributed by atoms with van der Waals surface area (Å²) in [6.07, 6.45) is 2.08. The lowest BCUT2D eigenvalue weighted by Gasteiger charge is -2.30. The Kier molecular flexibility index (Phi) is 4.37. The molecule has 1 fully saturated rings. The van der Waals surface area contributed by atoms with E-state index in [-0.39, 0.29) is 5.91 Å². The van der Waals surface area contributed by atoms with Gasteiger partial charge < -0.3 is 9.80 Å². The smallest absolute Gasteiger partial charge is 0.254 e. The average Bonchev–Trinajstić information content (AvgIpc) is 2.60. The second-order valence-corrected chi connectivity index (χ2v) is 5.04. The molecule has 1 saturated heterocycles. The van der Waals surface area contributed by atoms with Gasteiger partial charge in [-0.15, -0.1) is 0 Å². The van der Waals surface area contributed by atoms with Crippen LogP contribution in [0.2, 0.25) is 0 Å². The molecule has 1 atom stereocenters. The van der Waals surface area contributed by atoms with Gasteiger partial charge in [0.15, 0.2) is 0 Å². The SMILES string of the molecule is CCC1CN(C)CCCN1C(=O)c1ccccc1. The van der Waals surface area contributed by atoms with Crippen LogP contribution in [-0.4, -0.2) is 48.4 Å². The van der Waals surface area contributed by atoms with Crippen LogP contribution in [0, 0.1) is 0 Å². The fourth-order valence-corrected chi connectivity index (χ4v) is 2.61. The van der Waals surface area contributed by atoms with Gasteiger partial charge in [-0.2, -0.15) is 0 Å². The molecule has 1 heterocycles. The van der Waals surface area contributed by atoms with Gasteiger partial charge in [0.05, 0.1) is 0 Å². The van der Waals surface area contributed by atoms with E-state index in [0.29, 0.717) is 6.04 Å². The summed E-state index contributed by atoms with van der Waals surface area (Å²) in [6, 6.07) is 9.96. The molecular formula is C15H22N2O. The van der Waals surface area contributed by atoms with Crippen LogP contribution in [0.5, 0.6) is 0 Å². The first-order valence-corrected chi connectivity index (χ1v) is 6.77. The Morgan fingerprint density at radius 3 is 2.67 bits per heavy atom. The lowest BCUT2D eigenvalue weighted by molar-refractivity contribution is 0.0675. The largest absolute Gasteiger partial charge is 0.334 e. The highest BCUT2D eigenvalue weighted by atomic mass is 16.2. The van der Waals surface area contributed by atoms with Crippen LogP contribution in [0.15, 0.2) is 30.3 Å². The molecule has 0 radical (unpaired) electrons. The third-order valence-corrected chi connectivity index (χ3v) is 3.65. The summed E-state index contributed by atoms with van der Waals surface area (Å²) in [4.78, 5) is 16.9. The topological polar surface area (TPSA) is 23.6 Å². The van der Waals surface area contributed by atoms with Crippen LogP contribution in [0.25, 0.3) is 0 Å². The van der Waals surface area contributed by atoms with Gasteiger partial charge in [0.25, 0.3) is 5.91 Å². The number of rotatable bonds is 2. The molecule has 2 rings (SSSR count). The minimum Gasteiger partial charge on any atom is -0.334 e. The van der Waals surface area contributed by atoms with Crippen molar-refractivity contribution in [3.8, 4) is 0 Å². The van der Waals surface area contributed by atoms with Crippen molar-refractivity contribution in [2.75, 3.05) is 26.7 Å². The van der Waals surface area contributed by atoms with E-state index in [1.807, 2.05) is 30.3 Å². The van der Waals surface area contributed by atoms with Crippen molar-refractivity contribution in [1.82, 2.24) is 9.80 Å². The van der Waals surface area contributed by atoms with E-state index >= 15 is 0 Å². The van der Waals surface area contributed by atoms with E-state index in [1.165, 1.54) is 0 Å². The molecule has 1 unspecified atom stereocenters. The molecule has 1 amide bonds. The van der Waals surface area contributed by atoms with Gasteiger partial charge in [0.2, 0.25) is 0 Å². The third-order valence-electron chi connectivity index (χ3n) is 3.65. The highest BCUT2D eigenvalue weighted by Gasteiger charge is 2.26. The van der Waals surface area contributed by atoms with Crippen LogP contribution in [0.1, 0.15) is 30.1 Å². The molecule has 3 heteroatoms. The Hall–Kier alpha value is -1.35. The Labute approximate surface area is 109 Å². The summed E-state index contributed by atoms with van der Waals surface area (Å²) < 4.78 is 0. The first-order valence-electron chi connectivity index (χ1n) is 6.77. The minimum absolute atomic E-state index is 0.178. The average molecular weight is 246 g/mol. The van der Waals surface area contributed by atoms with Gasteiger partial charge in [-0.3, -0.25) is 4.79 Å². The lowest BCUT2D eigenvalue weighted by atomic mass is 10.1. The molecule has 0 N–H and O–H groups in total. The predicted molar refractivity (Wildman–Crippen MR) is 73.7 cm³/mol. The fraction of sp³-hybridized carbons (Fsp3) is 0.533. The van der Waals surface area contributed by atoms with Crippen LogP contribution >= 0.6 is 0 Å². The molecule has 0 aliphatic carbocycles. The highest BCUT2D eigenvalue weighted by Crippen LogP contribution is 2.15. The molecule has 18 heavy (non-hydrogen) atoms. The van der Waals surface area contributed by atoms with E-state index in [2.05, 4.69) is 23.8 Å². The van der Waals surface area contributed by atoms with Crippen molar-refractivity contribution in [1.29, 1.82) is 0 Å². The number of amides is 1. The number of benzene rings is 1. The maximum atomic E-state index is 12.5. The lowest BCUT2D eigenvalue weighted by Crippen LogP contribution is -2.43. The molecule has 1 aliphatic heterocycles. The highest BCUT2D eigenvalue weighted by molar-refractivity contribution is 5.94. The maximum absolute atomic E-state index is 12.5. The van der Waals surface area contributed by atoms with Gasteiger partial charge in [0, 0.05) is 24.7 Å². The quantitative estimate of drug-likeness (QED) is 0.799. The Morgan fingerprint density at radius 1 is 1.28 bits per heavy atom. The second kappa shape index (κ2) is 6.01. The number of likely N-dealkylation sites (N-methyl/N-ethyl adjacent to an activating group) is 1. The van der Waals surface area contributed by atoms with Crippen LogP contribution in [0.4, 0.5) is 0 Å². The van der Waals surface area contributed by atoms with Gasteiger partial charge in [-0.05, 0) is 38.6 Å². The second-order valence-electron chi connectivity index (χ2n) is 5.04. The van der Waals surface area contributed by atoms with E-state index in [4.69, 9.17) is 0 Å². The van der Waals surface area contributed by atoms with Crippen molar-refractivity contribution < 1.29 is 4.79 Å². The zero-order valence-corrected chi connectivity index (χ0v) is 11.3. The first kappa shape index (κ1) is 13.1. The van der Waals surface area contributed by atoms with Crippen molar-refractivity contribution in [3.05, 3.63) is 35.9 Å². The van der Waals surface area contributed by atoms with Crippen LogP contribution in [-0.2, 0) is 0 Å². The summed E-state index contributed by atoms with van der Waals surface area (Å²) in [5.74, 6) is 0.178. The van der Waals surface area contributed by atoms with Crippen LogP contribution < -0.4 is 0 Å². The molecule has 0 saturated carbocycles. The predicted octanol–water partition coefficient (Wildman–Crippen LogP) is 2.24. The van der Waals surface area contributed by atoms with Crippen molar-refractivity contribution in [3.63, 3.8) is 0 Å². The van der Waals surface area contributed by atoms with Gasteiger partial charge in [-0.25, -0.2) is 0 Å². The number of nitrogens with zero attached hydrogens (tertiary/aromatic N) is 2. The molecule has 0 aromatic heterocycles. The summed E-state index contributed by atoms with van der Waals surface area (Å²) >= 11 is 0. The number of carbonyl (C=O) groups excluding carboxylic acids is 1. The zero-order chi connectivity index (χ0) is 13.0. The van der Waals surface area contributed by atoms with E-state index < -0.39 is 0 Å². The summed E-state index contributed by atoms with van der Waals surface area (Å²) in [5, 5.41) is 0. The molecule has 98 valence electrons. The van der Waals surface area contributed by atoms with Gasteiger partial charge in [-0.1, -0.05) is 25.1 Å². The normalized spacial score (nSPS) is 21.7. The summed E-state index contributed by atoms with van der Waals surface area (Å²) in [5.41, 5.74) is 0.806. The molecule has 0 spiro atoms. The molecule has 1 aromatic rings. The first-order chi connectivity index (χ1) is 8.72. The Balaban J connectivity index is 2.17. The Bertz CT molecular complexity index is 391. The van der Waals surface area contributed by atoms with Crippen molar-refractivity contribution in [2.45, 2.75) is 25.8 Å². The molecule has 3 nitrogen and oxygen atoms in total. The number of hydrogen-bond donors (Lipinski definition) is 0. The zero-order valence-electron chi connectivity index (χ0n) is 11.3. The van der Waals surface area contributed by atoms with Crippen molar-refractivity contribution in [2.24, 2.45) is 0 Å². The molecule has 1 aromatic carbocycles. The summed E-state index contributed by atoms with van der Waals surface area (Å²) in [6.45, 7) is 5.09.